The van der Waals surface area contributed by atoms with E-state index in [0.29, 0.717) is 27.2 Å². The Hall–Kier alpha value is -2.56. The highest BCUT2D eigenvalue weighted by molar-refractivity contribution is 9.10. The van der Waals surface area contributed by atoms with Crippen molar-refractivity contribution in [2.75, 3.05) is 13.1 Å². The Morgan fingerprint density at radius 3 is 2.37 bits per heavy atom. The highest BCUT2D eigenvalue weighted by atomic mass is 79.9. The van der Waals surface area contributed by atoms with Crippen LogP contribution in [0.15, 0.2) is 58.6 Å². The van der Waals surface area contributed by atoms with Gasteiger partial charge in [-0.05, 0) is 68.6 Å². The fourth-order valence-corrected chi connectivity index (χ4v) is 6.70. The molecule has 0 radical (unpaired) electrons. The van der Waals surface area contributed by atoms with E-state index >= 15 is 0 Å². The van der Waals surface area contributed by atoms with Crippen molar-refractivity contribution in [1.29, 1.82) is 0 Å². The standard InChI is InChI=1S/C25H29BrN6O2S/c1-17-5-7-20(8-6-17)35(33,34)32-15-21(26)22-23(27-16-28-24(22)32)18-13-29-31(14-18)19-9-11-30(12-10-19)25(2,3)4/h5-8,13-16,19H,9-12H2,1-4H3. The fraction of sp³-hybridized carbons (Fsp3) is 0.400. The molecule has 1 aliphatic heterocycles. The van der Waals surface area contributed by atoms with Gasteiger partial charge in [0.1, 0.15) is 6.33 Å². The Bertz CT molecular complexity index is 1480. The quantitative estimate of drug-likeness (QED) is 0.350. The summed E-state index contributed by atoms with van der Waals surface area (Å²) in [5, 5.41) is 5.29. The maximum absolute atomic E-state index is 13.4. The first-order valence-corrected chi connectivity index (χ1v) is 13.9. The van der Waals surface area contributed by atoms with Crippen molar-refractivity contribution >= 4 is 37.0 Å². The number of nitrogens with zero attached hydrogens (tertiary/aromatic N) is 6. The Balaban J connectivity index is 1.49. The second-order valence-corrected chi connectivity index (χ2v) is 12.8. The molecule has 4 aromatic rings. The average molecular weight is 558 g/mol. The predicted molar refractivity (Wildman–Crippen MR) is 140 cm³/mol. The number of hydrogen-bond donors (Lipinski definition) is 0. The van der Waals surface area contributed by atoms with Gasteiger partial charge in [0.05, 0.1) is 28.2 Å². The predicted octanol–water partition coefficient (Wildman–Crippen LogP) is 5.04. The molecule has 1 aliphatic rings. The number of fused-ring (bicyclic) bond motifs is 1. The molecule has 1 fully saturated rings. The molecular formula is C25H29BrN6O2S. The second kappa shape index (κ2) is 8.83. The van der Waals surface area contributed by atoms with Gasteiger partial charge in [0.2, 0.25) is 0 Å². The molecule has 1 saturated heterocycles. The molecule has 0 spiro atoms. The summed E-state index contributed by atoms with van der Waals surface area (Å²) >= 11 is 3.55. The van der Waals surface area contributed by atoms with Crippen molar-refractivity contribution in [1.82, 2.24) is 28.6 Å². The van der Waals surface area contributed by atoms with E-state index in [1.54, 1.807) is 36.7 Å². The van der Waals surface area contributed by atoms with E-state index in [1.165, 1.54) is 10.3 Å². The van der Waals surface area contributed by atoms with E-state index in [4.69, 9.17) is 0 Å². The van der Waals surface area contributed by atoms with Crippen LogP contribution in [0.1, 0.15) is 45.2 Å². The van der Waals surface area contributed by atoms with Crippen molar-refractivity contribution < 1.29 is 8.42 Å². The van der Waals surface area contributed by atoms with Crippen LogP contribution in [0.5, 0.6) is 0 Å². The van der Waals surface area contributed by atoms with Crippen LogP contribution in [0, 0.1) is 6.92 Å². The number of aryl methyl sites for hydroxylation is 1. The van der Waals surface area contributed by atoms with Gasteiger partial charge in [0.15, 0.2) is 5.65 Å². The zero-order valence-electron chi connectivity index (χ0n) is 20.3. The van der Waals surface area contributed by atoms with Crippen LogP contribution >= 0.6 is 15.9 Å². The van der Waals surface area contributed by atoms with Crippen LogP contribution in [-0.2, 0) is 10.0 Å². The molecule has 4 heterocycles. The lowest BCUT2D eigenvalue weighted by molar-refractivity contribution is 0.0870. The van der Waals surface area contributed by atoms with E-state index in [2.05, 4.69) is 56.7 Å². The second-order valence-electron chi connectivity index (χ2n) is 10.1. The van der Waals surface area contributed by atoms with E-state index in [1.807, 2.05) is 17.8 Å². The van der Waals surface area contributed by atoms with Gasteiger partial charge in [0, 0.05) is 41.1 Å². The van der Waals surface area contributed by atoms with Gasteiger partial charge in [-0.1, -0.05) is 17.7 Å². The topological polar surface area (TPSA) is 85.9 Å². The molecule has 10 heteroatoms. The summed E-state index contributed by atoms with van der Waals surface area (Å²) in [4.78, 5) is 11.6. The summed E-state index contributed by atoms with van der Waals surface area (Å²) in [5.41, 5.74) is 2.98. The number of aromatic nitrogens is 5. The van der Waals surface area contributed by atoms with E-state index in [9.17, 15) is 8.42 Å². The molecule has 8 nitrogen and oxygen atoms in total. The lowest BCUT2D eigenvalue weighted by Crippen LogP contribution is -2.46. The number of halogens is 1. The van der Waals surface area contributed by atoms with Gasteiger partial charge < -0.3 is 0 Å². The number of piperidine rings is 1. The maximum Gasteiger partial charge on any atom is 0.269 e. The maximum atomic E-state index is 13.4. The van der Waals surface area contributed by atoms with Gasteiger partial charge in [-0.2, -0.15) is 5.10 Å². The van der Waals surface area contributed by atoms with Crippen LogP contribution in [0.3, 0.4) is 0 Å². The Morgan fingerprint density at radius 1 is 1.03 bits per heavy atom. The molecule has 0 N–H and O–H groups in total. The molecule has 0 atom stereocenters. The van der Waals surface area contributed by atoms with Gasteiger partial charge in [-0.25, -0.2) is 22.4 Å². The number of benzene rings is 1. The number of hydrogen-bond acceptors (Lipinski definition) is 6. The fourth-order valence-electron chi connectivity index (χ4n) is 4.68. The summed E-state index contributed by atoms with van der Waals surface area (Å²) < 4.78 is 30.6. The minimum atomic E-state index is -3.82. The molecule has 0 amide bonds. The molecule has 0 bridgehead atoms. The minimum absolute atomic E-state index is 0.172. The lowest BCUT2D eigenvalue weighted by atomic mass is 9.98. The molecular weight excluding hydrogens is 528 g/mol. The van der Waals surface area contributed by atoms with Gasteiger partial charge >= 0.3 is 0 Å². The molecule has 0 unspecified atom stereocenters. The van der Waals surface area contributed by atoms with E-state index in [-0.39, 0.29) is 10.4 Å². The Morgan fingerprint density at radius 2 is 1.71 bits per heavy atom. The first-order chi connectivity index (χ1) is 16.6. The first-order valence-electron chi connectivity index (χ1n) is 11.7. The van der Waals surface area contributed by atoms with Crippen molar-refractivity contribution in [3.05, 3.63) is 59.2 Å². The highest BCUT2D eigenvalue weighted by Crippen LogP contribution is 2.35. The zero-order chi connectivity index (χ0) is 25.0. The Labute approximate surface area is 214 Å². The molecule has 0 saturated carbocycles. The van der Waals surface area contributed by atoms with Gasteiger partial charge in [-0.3, -0.25) is 9.58 Å². The van der Waals surface area contributed by atoms with E-state index in [0.717, 1.165) is 37.1 Å². The molecule has 1 aromatic carbocycles. The average Bonchev–Trinajstić information content (AvgIpc) is 3.45. The summed E-state index contributed by atoms with van der Waals surface area (Å²) in [5.74, 6) is 0. The molecule has 35 heavy (non-hydrogen) atoms. The molecule has 0 aliphatic carbocycles. The van der Waals surface area contributed by atoms with Crippen LogP contribution in [0.4, 0.5) is 0 Å². The summed E-state index contributed by atoms with van der Waals surface area (Å²) in [6.45, 7) is 10.7. The van der Waals surface area contributed by atoms with Crippen molar-refractivity contribution in [3.8, 4) is 11.3 Å². The van der Waals surface area contributed by atoms with Crippen LogP contribution in [0.2, 0.25) is 0 Å². The third kappa shape index (κ3) is 4.43. The number of likely N-dealkylation sites (tertiary alicyclic amines) is 1. The van der Waals surface area contributed by atoms with Crippen molar-refractivity contribution in [2.45, 2.75) is 57.0 Å². The minimum Gasteiger partial charge on any atom is -0.298 e. The SMILES string of the molecule is Cc1ccc(S(=O)(=O)n2cc(Br)c3c(-c4cnn(C5CCN(C(C)(C)C)CC5)c4)ncnc32)cc1. The van der Waals surface area contributed by atoms with Crippen LogP contribution < -0.4 is 0 Å². The van der Waals surface area contributed by atoms with Crippen LogP contribution in [-0.4, -0.2) is 55.7 Å². The highest BCUT2D eigenvalue weighted by Gasteiger charge is 2.29. The van der Waals surface area contributed by atoms with Crippen molar-refractivity contribution in [3.63, 3.8) is 0 Å². The van der Waals surface area contributed by atoms with Gasteiger partial charge in [0.25, 0.3) is 10.0 Å². The largest absolute Gasteiger partial charge is 0.298 e. The lowest BCUT2D eigenvalue weighted by Gasteiger charge is -2.40. The summed E-state index contributed by atoms with van der Waals surface area (Å²) in [7, 11) is -3.82. The Kier molecular flexibility index (Phi) is 6.09. The smallest absolute Gasteiger partial charge is 0.269 e. The normalized spacial score (nSPS) is 16.3. The third-order valence-electron chi connectivity index (χ3n) is 6.75. The molecule has 5 rings (SSSR count). The molecule has 3 aromatic heterocycles. The molecule has 184 valence electrons. The van der Waals surface area contributed by atoms with Crippen LogP contribution in [0.25, 0.3) is 22.3 Å². The van der Waals surface area contributed by atoms with Gasteiger partial charge in [-0.15, -0.1) is 0 Å². The summed E-state index contributed by atoms with van der Waals surface area (Å²) in [6, 6.07) is 7.13. The monoisotopic (exact) mass is 556 g/mol. The first kappa shape index (κ1) is 24.1. The summed E-state index contributed by atoms with van der Waals surface area (Å²) in [6.07, 6.45) is 8.83. The third-order valence-corrected chi connectivity index (χ3v) is 9.01. The zero-order valence-corrected chi connectivity index (χ0v) is 22.7. The number of rotatable bonds is 4. The van der Waals surface area contributed by atoms with E-state index < -0.39 is 10.0 Å². The van der Waals surface area contributed by atoms with Crippen molar-refractivity contribution in [2.24, 2.45) is 0 Å².